The van der Waals surface area contributed by atoms with Crippen LogP contribution in [0.4, 0.5) is 0 Å². The van der Waals surface area contributed by atoms with Gasteiger partial charge in [0.15, 0.2) is 0 Å². The maximum Gasteiger partial charge on any atom is 0.138 e. The molecule has 2 aromatic rings. The molecular formula is C16H18ClNO. The second-order valence-corrected chi connectivity index (χ2v) is 5.11. The molecule has 2 nitrogen and oxygen atoms in total. The Balaban J connectivity index is 2.07. The number of para-hydroxylation sites is 1. The molecule has 1 atom stereocenters. The molecule has 2 rings (SSSR count). The number of aromatic hydroxyl groups is 1. The van der Waals surface area contributed by atoms with Crippen molar-refractivity contribution in [1.82, 2.24) is 5.32 Å². The van der Waals surface area contributed by atoms with E-state index in [1.807, 2.05) is 24.3 Å². The quantitative estimate of drug-likeness (QED) is 0.876. The lowest BCUT2D eigenvalue weighted by molar-refractivity contribution is 0.460. The van der Waals surface area contributed by atoms with E-state index in [9.17, 15) is 5.11 Å². The third kappa shape index (κ3) is 3.28. The first-order valence-electron chi connectivity index (χ1n) is 6.35. The number of aryl methyl sites for hydroxylation is 1. The molecule has 0 saturated carbocycles. The predicted octanol–water partition coefficient (Wildman–Crippen LogP) is 4.20. The number of phenols is 1. The van der Waals surface area contributed by atoms with Gasteiger partial charge in [-0.3, -0.25) is 0 Å². The van der Waals surface area contributed by atoms with Crippen molar-refractivity contribution in [2.45, 2.75) is 26.4 Å². The summed E-state index contributed by atoms with van der Waals surface area (Å²) in [6.45, 7) is 4.80. The minimum atomic E-state index is 0.161. The van der Waals surface area contributed by atoms with E-state index in [2.05, 4.69) is 31.3 Å². The summed E-state index contributed by atoms with van der Waals surface area (Å²) in [6, 6.07) is 13.9. The van der Waals surface area contributed by atoms with Crippen LogP contribution in [0.25, 0.3) is 0 Å². The molecule has 0 aliphatic carbocycles. The number of benzene rings is 2. The summed E-state index contributed by atoms with van der Waals surface area (Å²) in [5, 5.41) is 13.7. The van der Waals surface area contributed by atoms with E-state index in [1.54, 1.807) is 6.07 Å². The molecule has 0 fully saturated rings. The molecule has 2 N–H and O–H groups in total. The van der Waals surface area contributed by atoms with Gasteiger partial charge in [0.1, 0.15) is 5.75 Å². The van der Waals surface area contributed by atoms with Crippen LogP contribution >= 0.6 is 11.6 Å². The summed E-state index contributed by atoms with van der Waals surface area (Å²) >= 11 is 5.89. The summed E-state index contributed by atoms with van der Waals surface area (Å²) in [7, 11) is 0. The van der Waals surface area contributed by atoms with Crippen molar-refractivity contribution in [3.8, 4) is 5.75 Å². The van der Waals surface area contributed by atoms with Crippen molar-refractivity contribution in [3.05, 3.63) is 64.2 Å². The lowest BCUT2D eigenvalue weighted by Gasteiger charge is -2.17. The van der Waals surface area contributed by atoms with Gasteiger partial charge in [-0.25, -0.2) is 0 Å². The zero-order valence-electron chi connectivity index (χ0n) is 11.2. The smallest absolute Gasteiger partial charge is 0.138 e. The maximum atomic E-state index is 9.86. The van der Waals surface area contributed by atoms with Crippen LogP contribution in [0.1, 0.15) is 29.7 Å². The van der Waals surface area contributed by atoms with Crippen molar-refractivity contribution in [3.63, 3.8) is 0 Å². The number of hydrogen-bond donors (Lipinski definition) is 2. The van der Waals surface area contributed by atoms with Crippen molar-refractivity contribution < 1.29 is 5.11 Å². The van der Waals surface area contributed by atoms with Crippen LogP contribution in [-0.4, -0.2) is 5.11 Å². The first-order chi connectivity index (χ1) is 9.09. The third-order valence-corrected chi connectivity index (χ3v) is 3.63. The van der Waals surface area contributed by atoms with Crippen LogP contribution in [0.2, 0.25) is 5.02 Å². The van der Waals surface area contributed by atoms with Gasteiger partial charge in [-0.05, 0) is 31.0 Å². The normalized spacial score (nSPS) is 12.4. The number of halogens is 1. The van der Waals surface area contributed by atoms with Crippen LogP contribution in [0, 0.1) is 6.92 Å². The van der Waals surface area contributed by atoms with Gasteiger partial charge in [-0.2, -0.15) is 0 Å². The summed E-state index contributed by atoms with van der Waals surface area (Å²) in [6.07, 6.45) is 0. The number of nitrogens with one attached hydrogen (secondary N) is 1. The highest BCUT2D eigenvalue weighted by atomic mass is 35.5. The number of rotatable bonds is 4. The molecule has 0 aromatic heterocycles. The molecule has 2 aromatic carbocycles. The van der Waals surface area contributed by atoms with E-state index in [1.165, 1.54) is 11.1 Å². The Hall–Kier alpha value is -1.51. The Morgan fingerprint density at radius 2 is 1.89 bits per heavy atom. The van der Waals surface area contributed by atoms with E-state index < -0.39 is 0 Å². The average molecular weight is 276 g/mol. The summed E-state index contributed by atoms with van der Waals surface area (Å²) < 4.78 is 0. The lowest BCUT2D eigenvalue weighted by Crippen LogP contribution is -2.18. The fourth-order valence-electron chi connectivity index (χ4n) is 2.15. The fourth-order valence-corrected chi connectivity index (χ4v) is 2.34. The molecule has 0 aliphatic rings. The largest absolute Gasteiger partial charge is 0.506 e. The summed E-state index contributed by atoms with van der Waals surface area (Å²) in [4.78, 5) is 0. The van der Waals surface area contributed by atoms with Gasteiger partial charge in [0.05, 0.1) is 5.02 Å². The molecule has 0 unspecified atom stereocenters. The van der Waals surface area contributed by atoms with Crippen LogP contribution < -0.4 is 5.32 Å². The predicted molar refractivity (Wildman–Crippen MR) is 79.6 cm³/mol. The molecule has 100 valence electrons. The van der Waals surface area contributed by atoms with E-state index in [0.29, 0.717) is 11.6 Å². The minimum Gasteiger partial charge on any atom is -0.506 e. The number of hydrogen-bond acceptors (Lipinski definition) is 2. The summed E-state index contributed by atoms with van der Waals surface area (Å²) in [5.41, 5.74) is 3.34. The molecule has 3 heteroatoms. The third-order valence-electron chi connectivity index (χ3n) is 3.32. The van der Waals surface area contributed by atoms with Crippen molar-refractivity contribution in [2.75, 3.05) is 0 Å². The zero-order chi connectivity index (χ0) is 13.8. The average Bonchev–Trinajstić information content (AvgIpc) is 2.40. The van der Waals surface area contributed by atoms with Gasteiger partial charge < -0.3 is 10.4 Å². The molecule has 0 spiro atoms. The second kappa shape index (κ2) is 6.09. The molecule has 0 saturated heterocycles. The first-order valence-corrected chi connectivity index (χ1v) is 6.72. The lowest BCUT2D eigenvalue weighted by atomic mass is 10.0. The second-order valence-electron chi connectivity index (χ2n) is 4.71. The molecule has 0 aliphatic heterocycles. The molecule has 0 amide bonds. The summed E-state index contributed by atoms with van der Waals surface area (Å²) in [5.74, 6) is 0.161. The highest BCUT2D eigenvalue weighted by Gasteiger charge is 2.09. The Kier molecular flexibility index (Phi) is 4.46. The van der Waals surface area contributed by atoms with Crippen molar-refractivity contribution in [1.29, 1.82) is 0 Å². The minimum absolute atomic E-state index is 0.161. The highest BCUT2D eigenvalue weighted by molar-refractivity contribution is 6.32. The highest BCUT2D eigenvalue weighted by Crippen LogP contribution is 2.27. The Labute approximate surface area is 119 Å². The first kappa shape index (κ1) is 13.9. The van der Waals surface area contributed by atoms with Gasteiger partial charge in [-0.1, -0.05) is 48.0 Å². The Morgan fingerprint density at radius 3 is 2.63 bits per heavy atom. The molecule has 0 heterocycles. The van der Waals surface area contributed by atoms with Gasteiger partial charge in [0, 0.05) is 18.2 Å². The van der Waals surface area contributed by atoms with E-state index in [-0.39, 0.29) is 11.8 Å². The topological polar surface area (TPSA) is 32.3 Å². The molecule has 19 heavy (non-hydrogen) atoms. The van der Waals surface area contributed by atoms with E-state index >= 15 is 0 Å². The van der Waals surface area contributed by atoms with Crippen LogP contribution in [0.5, 0.6) is 5.75 Å². The number of phenolic OH excluding ortho intramolecular Hbond substituents is 1. The van der Waals surface area contributed by atoms with Gasteiger partial charge in [-0.15, -0.1) is 0 Å². The Bertz CT molecular complexity index is 568. The van der Waals surface area contributed by atoms with Gasteiger partial charge >= 0.3 is 0 Å². The van der Waals surface area contributed by atoms with Crippen LogP contribution in [0.15, 0.2) is 42.5 Å². The Morgan fingerprint density at radius 1 is 1.16 bits per heavy atom. The molecule has 0 radical (unpaired) electrons. The molecular weight excluding hydrogens is 258 g/mol. The zero-order valence-corrected chi connectivity index (χ0v) is 11.9. The van der Waals surface area contributed by atoms with Crippen molar-refractivity contribution in [2.24, 2.45) is 0 Å². The van der Waals surface area contributed by atoms with Crippen molar-refractivity contribution >= 4 is 11.6 Å². The monoisotopic (exact) mass is 275 g/mol. The van der Waals surface area contributed by atoms with Gasteiger partial charge in [0.25, 0.3) is 0 Å². The van der Waals surface area contributed by atoms with E-state index in [4.69, 9.17) is 11.6 Å². The van der Waals surface area contributed by atoms with Gasteiger partial charge in [0.2, 0.25) is 0 Å². The van der Waals surface area contributed by atoms with E-state index in [0.717, 1.165) is 5.56 Å². The SMILES string of the molecule is Cc1ccccc1[C@H](C)NCc1cccc(Cl)c1O. The van der Waals surface area contributed by atoms with Crippen LogP contribution in [0.3, 0.4) is 0 Å². The maximum absolute atomic E-state index is 9.86. The molecule has 0 bridgehead atoms. The fraction of sp³-hybridized carbons (Fsp3) is 0.250. The van der Waals surface area contributed by atoms with Crippen LogP contribution in [-0.2, 0) is 6.54 Å². The standard InChI is InChI=1S/C16H18ClNO/c1-11-6-3-4-8-14(11)12(2)18-10-13-7-5-9-15(17)16(13)19/h3-9,12,18-19H,10H2,1-2H3/t12-/m0/s1.